The normalized spacial score (nSPS) is 12.3. The highest BCUT2D eigenvalue weighted by Gasteiger charge is 2.19. The second-order valence-corrected chi connectivity index (χ2v) is 14.4. The third kappa shape index (κ3) is 5.89. The first-order chi connectivity index (χ1) is 27.7. The summed E-state index contributed by atoms with van der Waals surface area (Å²) in [6.45, 7) is 0. The van der Waals surface area contributed by atoms with Crippen LogP contribution in [0.2, 0.25) is 0 Å². The minimum Gasteiger partial charge on any atom is -0.383 e. The average molecular weight is 715 g/mol. The van der Waals surface area contributed by atoms with E-state index < -0.39 is 0 Å². The zero-order valence-electron chi connectivity index (χ0n) is 30.9. The van der Waals surface area contributed by atoms with Crippen LogP contribution in [0.25, 0.3) is 81.8 Å². The Balaban J connectivity index is 1.16. The molecule has 0 aliphatic rings. The zero-order valence-corrected chi connectivity index (χ0v) is 30.9. The quantitative estimate of drug-likeness (QED) is 0.0759. The maximum atomic E-state index is 6.74. The summed E-state index contributed by atoms with van der Waals surface area (Å²) >= 11 is 0. The number of fused-ring (bicyclic) bond motifs is 7. The molecule has 0 aromatic heterocycles. The van der Waals surface area contributed by atoms with Crippen molar-refractivity contribution < 1.29 is 0 Å². The lowest BCUT2D eigenvalue weighted by Gasteiger charge is -2.19. The second kappa shape index (κ2) is 14.2. The Kier molecular flexibility index (Phi) is 8.42. The summed E-state index contributed by atoms with van der Waals surface area (Å²) in [5.41, 5.74) is 15.6. The van der Waals surface area contributed by atoms with Gasteiger partial charge in [0, 0.05) is 5.56 Å². The van der Waals surface area contributed by atoms with E-state index in [1.165, 1.54) is 76.1 Å². The van der Waals surface area contributed by atoms with E-state index in [-0.39, 0.29) is 0 Å². The van der Waals surface area contributed by atoms with Crippen molar-refractivity contribution >= 4 is 65.4 Å². The van der Waals surface area contributed by atoms with Crippen molar-refractivity contribution in [1.29, 1.82) is 0 Å². The molecule has 0 radical (unpaired) electrons. The number of nitrogens with two attached hydrogens (primary N) is 1. The minimum absolute atomic E-state index is 0.490. The van der Waals surface area contributed by atoms with Crippen molar-refractivity contribution in [3.8, 4) is 22.3 Å². The first-order valence-electron chi connectivity index (χ1n) is 19.2. The van der Waals surface area contributed by atoms with Crippen LogP contribution in [0, 0.1) is 0 Å². The van der Waals surface area contributed by atoms with Crippen molar-refractivity contribution in [1.82, 2.24) is 0 Å². The van der Waals surface area contributed by atoms with Gasteiger partial charge >= 0.3 is 0 Å². The molecule has 0 heterocycles. The third-order valence-electron chi connectivity index (χ3n) is 11.1. The molecule has 0 saturated heterocycles. The fourth-order valence-corrected chi connectivity index (χ4v) is 8.52. The Morgan fingerprint density at radius 1 is 0.393 bits per heavy atom. The lowest BCUT2D eigenvalue weighted by atomic mass is 9.84. The number of amidine groups is 1. The van der Waals surface area contributed by atoms with E-state index in [2.05, 4.69) is 176 Å². The van der Waals surface area contributed by atoms with Crippen LogP contribution in [0.1, 0.15) is 16.7 Å². The van der Waals surface area contributed by atoms with Crippen molar-refractivity contribution in [2.45, 2.75) is 6.42 Å². The van der Waals surface area contributed by atoms with Gasteiger partial charge in [-0.3, -0.25) is 0 Å². The molecule has 0 aliphatic carbocycles. The summed E-state index contributed by atoms with van der Waals surface area (Å²) in [6.07, 6.45) is 2.94. The summed E-state index contributed by atoms with van der Waals surface area (Å²) in [4.78, 5) is 5.12. The molecule has 0 atom stereocenters. The molecule has 56 heavy (non-hydrogen) atoms. The fourth-order valence-electron chi connectivity index (χ4n) is 8.52. The summed E-state index contributed by atoms with van der Waals surface area (Å²) in [6, 6.07) is 71.5. The molecule has 10 rings (SSSR count). The van der Waals surface area contributed by atoms with Gasteiger partial charge < -0.3 is 5.73 Å². The highest BCUT2D eigenvalue weighted by Crippen LogP contribution is 2.46. The van der Waals surface area contributed by atoms with Gasteiger partial charge in [0.1, 0.15) is 5.84 Å². The van der Waals surface area contributed by atoms with Crippen molar-refractivity contribution in [3.63, 3.8) is 0 Å². The Labute approximate surface area is 326 Å². The SMILES string of the molecule is NC(=N/C(=C\Cc1cccc2ccc3ccccc3c12)c1ccc(-c2c3ccccc3c(-c3ccccc3)c3ccc4ccccc4c23)cc1)c1ccccc1. The van der Waals surface area contributed by atoms with Gasteiger partial charge in [-0.15, -0.1) is 0 Å². The Morgan fingerprint density at radius 3 is 1.64 bits per heavy atom. The summed E-state index contributed by atoms with van der Waals surface area (Å²) in [5, 5.41) is 12.5. The molecule has 0 bridgehead atoms. The molecular weight excluding hydrogens is 677 g/mol. The van der Waals surface area contributed by atoms with E-state index in [1.807, 2.05) is 30.3 Å². The lowest BCUT2D eigenvalue weighted by molar-refractivity contribution is 1.29. The maximum absolute atomic E-state index is 6.74. The van der Waals surface area contributed by atoms with Crippen LogP contribution in [0.5, 0.6) is 0 Å². The summed E-state index contributed by atoms with van der Waals surface area (Å²) in [5.74, 6) is 0.490. The average Bonchev–Trinajstić information content (AvgIpc) is 3.27. The van der Waals surface area contributed by atoms with Crippen molar-refractivity contribution in [2.24, 2.45) is 10.7 Å². The topological polar surface area (TPSA) is 38.4 Å². The molecule has 0 saturated carbocycles. The molecule has 0 fully saturated rings. The van der Waals surface area contributed by atoms with Crippen LogP contribution >= 0.6 is 0 Å². The Bertz CT molecular complexity index is 3140. The van der Waals surface area contributed by atoms with Crippen LogP contribution in [-0.2, 0) is 6.42 Å². The van der Waals surface area contributed by atoms with Gasteiger partial charge in [-0.25, -0.2) is 4.99 Å². The molecule has 10 aromatic rings. The van der Waals surface area contributed by atoms with E-state index in [1.54, 1.807) is 0 Å². The molecular formula is C54H38N2. The molecule has 0 amide bonds. The van der Waals surface area contributed by atoms with Gasteiger partial charge in [0.15, 0.2) is 0 Å². The van der Waals surface area contributed by atoms with E-state index in [0.717, 1.165) is 22.4 Å². The first-order valence-corrected chi connectivity index (χ1v) is 19.2. The molecule has 0 aliphatic heterocycles. The van der Waals surface area contributed by atoms with Crippen LogP contribution in [0.3, 0.4) is 0 Å². The van der Waals surface area contributed by atoms with Crippen LogP contribution < -0.4 is 5.73 Å². The number of hydrogen-bond acceptors (Lipinski definition) is 1. The van der Waals surface area contributed by atoms with E-state index >= 15 is 0 Å². The number of nitrogens with zero attached hydrogens (tertiary/aromatic N) is 1. The van der Waals surface area contributed by atoms with E-state index in [0.29, 0.717) is 12.3 Å². The van der Waals surface area contributed by atoms with Gasteiger partial charge in [-0.2, -0.15) is 0 Å². The number of benzene rings is 10. The molecule has 264 valence electrons. The molecule has 2 N–H and O–H groups in total. The number of allylic oxidation sites excluding steroid dienone is 1. The molecule has 2 heteroatoms. The Morgan fingerprint density at radius 2 is 0.929 bits per heavy atom. The van der Waals surface area contributed by atoms with E-state index in [4.69, 9.17) is 10.7 Å². The smallest absolute Gasteiger partial charge is 0.131 e. The number of aliphatic imine (C=N–C) groups is 1. The molecule has 0 unspecified atom stereocenters. The predicted molar refractivity (Wildman–Crippen MR) is 240 cm³/mol. The van der Waals surface area contributed by atoms with Gasteiger partial charge in [-0.05, 0) is 93.7 Å². The van der Waals surface area contributed by atoms with Gasteiger partial charge in [0.25, 0.3) is 0 Å². The first kappa shape index (κ1) is 33.3. The van der Waals surface area contributed by atoms with Gasteiger partial charge in [0.2, 0.25) is 0 Å². The van der Waals surface area contributed by atoms with E-state index in [9.17, 15) is 0 Å². The standard InChI is InChI=1S/C54H38N2/c55-54(43-18-5-2-6-19-43)56-49(35-33-41-21-13-20-40-29-26-36-14-7-9-22-44(36)50(40)41)38-27-30-42(31-28-38)52-47-25-12-11-24-46(47)51(39-16-3-1-4-17-39)48-34-32-37-15-8-10-23-45(37)53(48)52/h1-32,34-35H,33H2,(H2,55,56)/b49-35-. The highest BCUT2D eigenvalue weighted by molar-refractivity contribution is 6.28. The van der Waals surface area contributed by atoms with Crippen LogP contribution in [0.15, 0.2) is 211 Å². The summed E-state index contributed by atoms with van der Waals surface area (Å²) < 4.78 is 0. The molecule has 2 nitrogen and oxygen atoms in total. The number of hydrogen-bond donors (Lipinski definition) is 1. The highest BCUT2D eigenvalue weighted by atomic mass is 14.9. The fraction of sp³-hybridized carbons (Fsp3) is 0.0185. The largest absolute Gasteiger partial charge is 0.383 e. The third-order valence-corrected chi connectivity index (χ3v) is 11.1. The zero-order chi connectivity index (χ0) is 37.4. The van der Waals surface area contributed by atoms with Gasteiger partial charge in [-0.1, -0.05) is 206 Å². The maximum Gasteiger partial charge on any atom is 0.131 e. The van der Waals surface area contributed by atoms with Crippen molar-refractivity contribution in [3.05, 3.63) is 223 Å². The van der Waals surface area contributed by atoms with Crippen LogP contribution in [0.4, 0.5) is 0 Å². The molecule has 10 aromatic carbocycles. The number of rotatable bonds is 7. The van der Waals surface area contributed by atoms with Gasteiger partial charge in [0.05, 0.1) is 5.70 Å². The predicted octanol–water partition coefficient (Wildman–Crippen LogP) is 13.8. The minimum atomic E-state index is 0.490. The van der Waals surface area contributed by atoms with Crippen molar-refractivity contribution in [2.75, 3.05) is 0 Å². The second-order valence-electron chi connectivity index (χ2n) is 14.4. The summed E-state index contributed by atoms with van der Waals surface area (Å²) in [7, 11) is 0. The monoisotopic (exact) mass is 714 g/mol. The lowest BCUT2D eigenvalue weighted by Crippen LogP contribution is -2.13. The molecule has 0 spiro atoms. The van der Waals surface area contributed by atoms with Crippen LogP contribution in [-0.4, -0.2) is 5.84 Å². The Hall–Kier alpha value is -7.29.